The molecule has 1 aromatic carbocycles. The van der Waals surface area contributed by atoms with Gasteiger partial charge < -0.3 is 4.74 Å². The Morgan fingerprint density at radius 1 is 1.36 bits per heavy atom. The smallest absolute Gasteiger partial charge is 0.119 e. The second kappa shape index (κ2) is 7.00. The van der Waals surface area contributed by atoms with Crippen molar-refractivity contribution < 1.29 is 9.44 Å². The van der Waals surface area contributed by atoms with Crippen molar-refractivity contribution >= 4 is 11.6 Å². The van der Waals surface area contributed by atoms with Crippen LogP contribution < -0.4 is 4.74 Å². The van der Waals surface area contributed by atoms with E-state index in [9.17, 15) is 0 Å². The Balaban J connectivity index is 0.00000169. The molecule has 0 unspecified atom stereocenters. The molecule has 0 heterocycles. The number of benzene rings is 1. The third kappa shape index (κ3) is 4.54. The molecule has 0 N–H and O–H groups in total. The first-order valence-electron chi connectivity index (χ1n) is 3.72. The number of ether oxygens (including phenoxy) is 1. The lowest BCUT2D eigenvalue weighted by molar-refractivity contribution is 0.328. The SMILES string of the molecule is F.[N-]=[N+]=NCCOc1ccc(Cl)cc1. The molecular formula is C8H9ClFN3O. The number of halogens is 2. The minimum absolute atomic E-state index is 0. The first kappa shape index (κ1) is 12.6. The third-order valence-electron chi connectivity index (χ3n) is 1.34. The fourth-order valence-electron chi connectivity index (χ4n) is 0.780. The molecule has 14 heavy (non-hydrogen) atoms. The first-order valence-corrected chi connectivity index (χ1v) is 4.10. The van der Waals surface area contributed by atoms with E-state index in [-0.39, 0.29) is 4.70 Å². The van der Waals surface area contributed by atoms with Crippen molar-refractivity contribution in [2.24, 2.45) is 5.11 Å². The van der Waals surface area contributed by atoms with Crippen LogP contribution in [0.25, 0.3) is 10.4 Å². The molecule has 4 nitrogen and oxygen atoms in total. The zero-order valence-corrected chi connectivity index (χ0v) is 8.02. The maximum absolute atomic E-state index is 7.99. The highest BCUT2D eigenvalue weighted by Crippen LogP contribution is 2.15. The first-order chi connectivity index (χ1) is 6.33. The zero-order chi connectivity index (χ0) is 9.52. The molecule has 0 aromatic heterocycles. The number of hydrogen-bond acceptors (Lipinski definition) is 2. The van der Waals surface area contributed by atoms with Crippen LogP contribution in [0.2, 0.25) is 5.02 Å². The van der Waals surface area contributed by atoms with Crippen molar-refractivity contribution in [2.75, 3.05) is 13.2 Å². The average Bonchev–Trinajstić information content (AvgIpc) is 2.15. The lowest BCUT2D eigenvalue weighted by Crippen LogP contribution is -1.99. The summed E-state index contributed by atoms with van der Waals surface area (Å²) >= 11 is 5.67. The van der Waals surface area contributed by atoms with Gasteiger partial charge in [0.25, 0.3) is 0 Å². The molecule has 0 saturated carbocycles. The third-order valence-corrected chi connectivity index (χ3v) is 1.59. The normalized spacial score (nSPS) is 8.36. The maximum atomic E-state index is 7.99. The predicted octanol–water partition coefficient (Wildman–Crippen LogP) is 3.18. The van der Waals surface area contributed by atoms with Crippen LogP contribution in [0.4, 0.5) is 4.70 Å². The van der Waals surface area contributed by atoms with Crippen LogP contribution in [0.3, 0.4) is 0 Å². The van der Waals surface area contributed by atoms with E-state index in [1.165, 1.54) is 0 Å². The van der Waals surface area contributed by atoms with Crippen molar-refractivity contribution in [2.45, 2.75) is 0 Å². The van der Waals surface area contributed by atoms with E-state index in [0.29, 0.717) is 18.2 Å². The van der Waals surface area contributed by atoms with Gasteiger partial charge in [0, 0.05) is 9.93 Å². The quantitative estimate of drug-likeness (QED) is 0.331. The Morgan fingerprint density at radius 3 is 2.57 bits per heavy atom. The summed E-state index contributed by atoms with van der Waals surface area (Å²) in [6, 6.07) is 7.01. The fraction of sp³-hybridized carbons (Fsp3) is 0.250. The monoisotopic (exact) mass is 217 g/mol. The van der Waals surface area contributed by atoms with E-state index in [1.54, 1.807) is 24.3 Å². The highest BCUT2D eigenvalue weighted by Gasteiger charge is 1.91. The van der Waals surface area contributed by atoms with Crippen LogP contribution in [0.1, 0.15) is 0 Å². The van der Waals surface area contributed by atoms with Crippen molar-refractivity contribution in [3.63, 3.8) is 0 Å². The Morgan fingerprint density at radius 2 is 2.00 bits per heavy atom. The maximum Gasteiger partial charge on any atom is 0.119 e. The van der Waals surface area contributed by atoms with Crippen LogP contribution in [0.15, 0.2) is 29.4 Å². The molecule has 76 valence electrons. The molecule has 0 aliphatic heterocycles. The van der Waals surface area contributed by atoms with Gasteiger partial charge in [-0.3, -0.25) is 4.70 Å². The van der Waals surface area contributed by atoms with Crippen molar-refractivity contribution in [3.8, 4) is 5.75 Å². The number of rotatable bonds is 4. The fourth-order valence-corrected chi connectivity index (χ4v) is 0.906. The van der Waals surface area contributed by atoms with Crippen molar-refractivity contribution in [1.29, 1.82) is 0 Å². The zero-order valence-electron chi connectivity index (χ0n) is 7.26. The summed E-state index contributed by atoms with van der Waals surface area (Å²) < 4.78 is 5.24. The van der Waals surface area contributed by atoms with E-state index >= 15 is 0 Å². The van der Waals surface area contributed by atoms with Crippen molar-refractivity contribution in [1.82, 2.24) is 0 Å². The molecule has 1 rings (SSSR count). The van der Waals surface area contributed by atoms with Gasteiger partial charge in [0.05, 0.1) is 13.2 Å². The second-order valence-corrected chi connectivity index (χ2v) is 2.69. The Labute approximate surface area is 85.4 Å². The summed E-state index contributed by atoms with van der Waals surface area (Å²) in [6.45, 7) is 0.713. The number of hydrogen-bond donors (Lipinski definition) is 0. The minimum Gasteiger partial charge on any atom is -0.493 e. The van der Waals surface area contributed by atoms with Crippen LogP contribution in [-0.2, 0) is 0 Å². The van der Waals surface area contributed by atoms with Gasteiger partial charge >= 0.3 is 0 Å². The largest absolute Gasteiger partial charge is 0.493 e. The molecule has 1 aromatic rings. The summed E-state index contributed by atoms with van der Waals surface area (Å²) in [5, 5.41) is 4.00. The van der Waals surface area contributed by atoms with E-state index < -0.39 is 0 Å². The second-order valence-electron chi connectivity index (χ2n) is 2.26. The van der Waals surface area contributed by atoms with Crippen LogP contribution in [-0.4, -0.2) is 13.2 Å². The van der Waals surface area contributed by atoms with Crippen LogP contribution >= 0.6 is 11.6 Å². The molecule has 6 heteroatoms. The van der Waals surface area contributed by atoms with E-state index in [4.69, 9.17) is 21.9 Å². The highest BCUT2D eigenvalue weighted by molar-refractivity contribution is 6.30. The highest BCUT2D eigenvalue weighted by atomic mass is 35.5. The summed E-state index contributed by atoms with van der Waals surface area (Å²) in [4.78, 5) is 2.60. The molecule has 0 radical (unpaired) electrons. The van der Waals surface area contributed by atoms with Gasteiger partial charge in [-0.15, -0.1) is 0 Å². The number of nitrogens with zero attached hydrogens (tertiary/aromatic N) is 3. The molecule has 0 spiro atoms. The predicted molar refractivity (Wildman–Crippen MR) is 53.5 cm³/mol. The molecule has 0 fully saturated rings. The van der Waals surface area contributed by atoms with Gasteiger partial charge in [-0.05, 0) is 29.8 Å². The van der Waals surface area contributed by atoms with Crippen LogP contribution in [0.5, 0.6) is 5.75 Å². The molecule has 0 saturated heterocycles. The molecule has 0 aliphatic carbocycles. The van der Waals surface area contributed by atoms with Crippen LogP contribution in [0, 0.1) is 0 Å². The van der Waals surface area contributed by atoms with Gasteiger partial charge in [0.2, 0.25) is 0 Å². The van der Waals surface area contributed by atoms with Gasteiger partial charge in [0.15, 0.2) is 0 Å². The average molecular weight is 218 g/mol. The molecule has 0 amide bonds. The number of azide groups is 1. The summed E-state index contributed by atoms with van der Waals surface area (Å²) in [7, 11) is 0. The van der Waals surface area contributed by atoms with Gasteiger partial charge in [-0.1, -0.05) is 16.7 Å². The summed E-state index contributed by atoms with van der Waals surface area (Å²) in [5.41, 5.74) is 7.99. The molecule has 0 aliphatic rings. The van der Waals surface area contributed by atoms with E-state index in [2.05, 4.69) is 10.0 Å². The molecule has 0 atom stereocenters. The lowest BCUT2D eigenvalue weighted by Gasteiger charge is -2.02. The summed E-state index contributed by atoms with van der Waals surface area (Å²) in [6.07, 6.45) is 0. The minimum atomic E-state index is 0. The lowest BCUT2D eigenvalue weighted by atomic mass is 10.3. The Bertz CT molecular complexity index is 311. The van der Waals surface area contributed by atoms with Gasteiger partial charge in [-0.2, -0.15) is 0 Å². The summed E-state index contributed by atoms with van der Waals surface area (Å²) in [5.74, 6) is 0.720. The Kier molecular flexibility index (Phi) is 6.28. The standard InChI is InChI=1S/C8H8ClN3O.FH/c9-7-1-3-8(4-2-7)13-6-5-11-12-10;/h1-4H,5-6H2;1H. The van der Waals surface area contributed by atoms with Crippen molar-refractivity contribution in [3.05, 3.63) is 39.7 Å². The molecule has 0 bridgehead atoms. The van der Waals surface area contributed by atoms with E-state index in [0.717, 1.165) is 5.75 Å². The van der Waals surface area contributed by atoms with E-state index in [1.807, 2.05) is 0 Å². The molecular weight excluding hydrogens is 209 g/mol. The topological polar surface area (TPSA) is 58.0 Å². The van der Waals surface area contributed by atoms with Gasteiger partial charge in [0.1, 0.15) is 5.75 Å². The Hall–Kier alpha value is -1.45. The van der Waals surface area contributed by atoms with Gasteiger partial charge in [-0.25, -0.2) is 0 Å².